The molecule has 2 rings (SSSR count). The quantitative estimate of drug-likeness (QED) is 0.890. The van der Waals surface area contributed by atoms with Crippen LogP contribution in [0.5, 0.6) is 0 Å². The summed E-state index contributed by atoms with van der Waals surface area (Å²) in [5.41, 5.74) is 2.57. The average molecular weight is 247 g/mol. The Hall–Kier alpha value is -1.09. The Bertz CT molecular complexity index is 395. The second-order valence-electron chi connectivity index (χ2n) is 6.34. The standard InChI is InChI=1S/C15H25N3/c1-12-9-14(5-7-16-12)17-10-13-6-8-18(11-13)15(2,3)4/h5,7,9,13H,6,8,10-11H2,1-4H3,(H,16,17)/t13-/m0/s1. The summed E-state index contributed by atoms with van der Waals surface area (Å²) in [6.07, 6.45) is 3.17. The molecule has 0 unspecified atom stereocenters. The van der Waals surface area contributed by atoms with Crippen molar-refractivity contribution >= 4 is 5.69 Å². The van der Waals surface area contributed by atoms with Crippen molar-refractivity contribution in [1.29, 1.82) is 0 Å². The lowest BCUT2D eigenvalue weighted by molar-refractivity contribution is 0.169. The van der Waals surface area contributed by atoms with Gasteiger partial charge in [-0.3, -0.25) is 9.88 Å². The van der Waals surface area contributed by atoms with Crippen LogP contribution in [0.1, 0.15) is 32.9 Å². The van der Waals surface area contributed by atoms with Crippen molar-refractivity contribution in [1.82, 2.24) is 9.88 Å². The largest absolute Gasteiger partial charge is 0.385 e. The molecule has 0 aromatic carbocycles. The van der Waals surface area contributed by atoms with Gasteiger partial charge < -0.3 is 5.32 Å². The van der Waals surface area contributed by atoms with Crippen molar-refractivity contribution in [3.05, 3.63) is 24.0 Å². The number of anilines is 1. The molecule has 1 saturated heterocycles. The van der Waals surface area contributed by atoms with E-state index in [2.05, 4.69) is 42.0 Å². The molecule has 0 aliphatic carbocycles. The minimum atomic E-state index is 0.308. The zero-order valence-electron chi connectivity index (χ0n) is 12.0. The van der Waals surface area contributed by atoms with Crippen LogP contribution in [0.15, 0.2) is 18.3 Å². The Morgan fingerprint density at radius 3 is 2.83 bits per heavy atom. The van der Waals surface area contributed by atoms with Gasteiger partial charge in [-0.05, 0) is 58.7 Å². The van der Waals surface area contributed by atoms with Crippen LogP contribution in [0.2, 0.25) is 0 Å². The van der Waals surface area contributed by atoms with E-state index in [1.54, 1.807) is 0 Å². The van der Waals surface area contributed by atoms with Crippen molar-refractivity contribution in [2.24, 2.45) is 5.92 Å². The first-order chi connectivity index (χ1) is 8.45. The molecule has 0 saturated carbocycles. The molecule has 3 heteroatoms. The number of nitrogens with one attached hydrogen (secondary N) is 1. The van der Waals surface area contributed by atoms with Gasteiger partial charge in [-0.15, -0.1) is 0 Å². The Kier molecular flexibility index (Phi) is 3.91. The van der Waals surface area contributed by atoms with Gasteiger partial charge in [-0.1, -0.05) is 0 Å². The van der Waals surface area contributed by atoms with Gasteiger partial charge in [0.2, 0.25) is 0 Å². The van der Waals surface area contributed by atoms with Gasteiger partial charge in [0.15, 0.2) is 0 Å². The molecule has 1 atom stereocenters. The van der Waals surface area contributed by atoms with Gasteiger partial charge in [0.25, 0.3) is 0 Å². The smallest absolute Gasteiger partial charge is 0.0393 e. The van der Waals surface area contributed by atoms with E-state index in [1.807, 2.05) is 19.2 Å². The summed E-state index contributed by atoms with van der Waals surface area (Å²) in [7, 11) is 0. The van der Waals surface area contributed by atoms with Crippen LogP contribution in [0.4, 0.5) is 5.69 Å². The van der Waals surface area contributed by atoms with Crippen molar-refractivity contribution in [3.63, 3.8) is 0 Å². The van der Waals surface area contributed by atoms with Crippen LogP contribution in [0.3, 0.4) is 0 Å². The number of hydrogen-bond donors (Lipinski definition) is 1. The maximum Gasteiger partial charge on any atom is 0.0393 e. The summed E-state index contributed by atoms with van der Waals surface area (Å²) >= 11 is 0. The van der Waals surface area contributed by atoms with E-state index in [-0.39, 0.29) is 0 Å². The van der Waals surface area contributed by atoms with Crippen LogP contribution in [0.25, 0.3) is 0 Å². The first-order valence-corrected chi connectivity index (χ1v) is 6.87. The van der Waals surface area contributed by atoms with Crippen molar-refractivity contribution < 1.29 is 0 Å². The third-order valence-corrected chi connectivity index (χ3v) is 3.73. The molecule has 1 aliphatic heterocycles. The van der Waals surface area contributed by atoms with Crippen LogP contribution >= 0.6 is 0 Å². The molecule has 2 heterocycles. The maximum absolute atomic E-state index is 4.22. The molecule has 0 bridgehead atoms. The van der Waals surface area contributed by atoms with E-state index in [9.17, 15) is 0 Å². The fourth-order valence-electron chi connectivity index (χ4n) is 2.53. The van der Waals surface area contributed by atoms with Crippen LogP contribution in [-0.4, -0.2) is 35.1 Å². The number of nitrogens with zero attached hydrogens (tertiary/aromatic N) is 2. The second kappa shape index (κ2) is 5.27. The Morgan fingerprint density at radius 1 is 1.44 bits per heavy atom. The summed E-state index contributed by atoms with van der Waals surface area (Å²) in [6.45, 7) is 12.4. The molecule has 0 amide bonds. The molecule has 3 nitrogen and oxygen atoms in total. The SMILES string of the molecule is Cc1cc(NC[C@@H]2CCN(C(C)(C)C)C2)ccn1. The summed E-state index contributed by atoms with van der Waals surface area (Å²) in [5, 5.41) is 3.53. The lowest BCUT2D eigenvalue weighted by atomic mass is 10.1. The molecule has 0 spiro atoms. The summed E-state index contributed by atoms with van der Waals surface area (Å²) in [4.78, 5) is 6.80. The van der Waals surface area contributed by atoms with Crippen LogP contribution in [0, 0.1) is 12.8 Å². The molecule has 100 valence electrons. The Morgan fingerprint density at radius 2 is 2.22 bits per heavy atom. The van der Waals surface area contributed by atoms with Gasteiger partial charge in [-0.25, -0.2) is 0 Å². The molecule has 1 aromatic heterocycles. The van der Waals surface area contributed by atoms with Gasteiger partial charge in [0.05, 0.1) is 0 Å². The minimum absolute atomic E-state index is 0.308. The topological polar surface area (TPSA) is 28.2 Å². The summed E-state index contributed by atoms with van der Waals surface area (Å²) in [6, 6.07) is 4.15. The van der Waals surface area contributed by atoms with Crippen molar-refractivity contribution in [2.75, 3.05) is 25.0 Å². The average Bonchev–Trinajstić information content (AvgIpc) is 2.74. The molecule has 1 aliphatic rings. The molecular weight excluding hydrogens is 222 g/mol. The zero-order chi connectivity index (χ0) is 13.2. The Labute approximate surface area is 111 Å². The van der Waals surface area contributed by atoms with Gasteiger partial charge in [0, 0.05) is 36.2 Å². The minimum Gasteiger partial charge on any atom is -0.385 e. The first kappa shape index (κ1) is 13.3. The highest BCUT2D eigenvalue weighted by Crippen LogP contribution is 2.24. The van der Waals surface area contributed by atoms with E-state index in [0.717, 1.165) is 18.2 Å². The highest BCUT2D eigenvalue weighted by Gasteiger charge is 2.29. The summed E-state index contributed by atoms with van der Waals surface area (Å²) < 4.78 is 0. The number of rotatable bonds is 3. The molecule has 18 heavy (non-hydrogen) atoms. The van der Waals surface area contributed by atoms with Gasteiger partial charge >= 0.3 is 0 Å². The van der Waals surface area contributed by atoms with E-state index in [4.69, 9.17) is 0 Å². The lowest BCUT2D eigenvalue weighted by Gasteiger charge is -2.31. The predicted molar refractivity (Wildman–Crippen MR) is 76.9 cm³/mol. The van der Waals surface area contributed by atoms with Crippen LogP contribution < -0.4 is 5.32 Å². The van der Waals surface area contributed by atoms with E-state index in [0.29, 0.717) is 5.54 Å². The monoisotopic (exact) mass is 247 g/mol. The zero-order valence-corrected chi connectivity index (χ0v) is 12.0. The third kappa shape index (κ3) is 3.45. The van der Waals surface area contributed by atoms with Crippen LogP contribution in [-0.2, 0) is 0 Å². The number of hydrogen-bond acceptors (Lipinski definition) is 3. The third-order valence-electron chi connectivity index (χ3n) is 3.73. The highest BCUT2D eigenvalue weighted by molar-refractivity contribution is 5.42. The fraction of sp³-hybridized carbons (Fsp3) is 0.667. The highest BCUT2D eigenvalue weighted by atomic mass is 15.2. The van der Waals surface area contributed by atoms with Crippen molar-refractivity contribution in [3.8, 4) is 0 Å². The fourth-order valence-corrected chi connectivity index (χ4v) is 2.53. The normalized spacial score (nSPS) is 21.2. The predicted octanol–water partition coefficient (Wildman–Crippen LogP) is 2.92. The lowest BCUT2D eigenvalue weighted by Crippen LogP contribution is -2.39. The van der Waals surface area contributed by atoms with E-state index >= 15 is 0 Å². The molecular formula is C15H25N3. The number of pyridine rings is 1. The van der Waals surface area contributed by atoms with Crippen molar-refractivity contribution in [2.45, 2.75) is 39.7 Å². The van der Waals surface area contributed by atoms with E-state index in [1.165, 1.54) is 25.2 Å². The first-order valence-electron chi connectivity index (χ1n) is 6.87. The second-order valence-corrected chi connectivity index (χ2v) is 6.34. The number of aryl methyl sites for hydroxylation is 1. The molecule has 0 radical (unpaired) electrons. The van der Waals surface area contributed by atoms with Gasteiger partial charge in [0.1, 0.15) is 0 Å². The number of likely N-dealkylation sites (tertiary alicyclic amines) is 1. The van der Waals surface area contributed by atoms with E-state index < -0.39 is 0 Å². The van der Waals surface area contributed by atoms with Gasteiger partial charge in [-0.2, -0.15) is 0 Å². The maximum atomic E-state index is 4.22. The molecule has 1 aromatic rings. The summed E-state index contributed by atoms with van der Waals surface area (Å²) in [5.74, 6) is 0.762. The molecule has 1 fully saturated rings. The molecule has 1 N–H and O–H groups in total. The Balaban J connectivity index is 1.82. The number of aromatic nitrogens is 1.